The largest absolute Gasteiger partial charge is 0.458 e. The summed E-state index contributed by atoms with van der Waals surface area (Å²) in [5.74, 6) is -0.675. The molecule has 6 heteroatoms. The van der Waals surface area contributed by atoms with Crippen LogP contribution in [0.1, 0.15) is 10.5 Å². The number of benzene rings is 1. The number of aromatic amines is 1. The van der Waals surface area contributed by atoms with Crippen LogP contribution >= 0.6 is 0 Å². The van der Waals surface area contributed by atoms with Crippen molar-refractivity contribution in [2.45, 2.75) is 0 Å². The maximum atomic E-state index is 11.6. The first-order chi connectivity index (χ1) is 8.24. The number of nitrogens with one attached hydrogen (secondary N) is 1. The van der Waals surface area contributed by atoms with Gasteiger partial charge in [-0.05, 0) is 6.07 Å². The van der Waals surface area contributed by atoms with Crippen molar-refractivity contribution in [1.29, 1.82) is 0 Å². The number of aliphatic hydroxyl groups is 1. The number of carbonyl (C=O) groups is 1. The van der Waals surface area contributed by atoms with Crippen molar-refractivity contribution >= 4 is 16.7 Å². The molecule has 0 fully saturated rings. The number of H-pyrrole nitrogens is 1. The molecule has 1 aromatic carbocycles. The second-order valence-corrected chi connectivity index (χ2v) is 3.31. The predicted molar refractivity (Wildman–Crippen MR) is 59.7 cm³/mol. The van der Waals surface area contributed by atoms with Gasteiger partial charge >= 0.3 is 5.97 Å². The van der Waals surface area contributed by atoms with Crippen LogP contribution in [-0.4, -0.2) is 34.5 Å². The van der Waals surface area contributed by atoms with Crippen molar-refractivity contribution in [1.82, 2.24) is 10.2 Å². The fraction of sp³-hybridized carbons (Fsp3) is 0.182. The van der Waals surface area contributed by atoms with E-state index in [2.05, 4.69) is 10.2 Å². The van der Waals surface area contributed by atoms with Crippen molar-refractivity contribution in [3.8, 4) is 0 Å². The van der Waals surface area contributed by atoms with E-state index in [-0.39, 0.29) is 24.5 Å². The molecule has 0 aliphatic carbocycles. The van der Waals surface area contributed by atoms with Gasteiger partial charge < -0.3 is 9.84 Å². The van der Waals surface area contributed by atoms with Gasteiger partial charge in [0.1, 0.15) is 6.61 Å². The molecule has 0 bridgehead atoms. The van der Waals surface area contributed by atoms with Gasteiger partial charge in [0, 0.05) is 5.39 Å². The number of hydrogen-bond acceptors (Lipinski definition) is 5. The molecule has 88 valence electrons. The van der Waals surface area contributed by atoms with E-state index < -0.39 is 5.97 Å². The van der Waals surface area contributed by atoms with E-state index in [1.54, 1.807) is 24.3 Å². The van der Waals surface area contributed by atoms with Crippen LogP contribution in [0.2, 0.25) is 0 Å². The first kappa shape index (κ1) is 11.3. The fourth-order valence-corrected chi connectivity index (χ4v) is 1.48. The van der Waals surface area contributed by atoms with Gasteiger partial charge in [0.05, 0.1) is 12.0 Å². The lowest BCUT2D eigenvalue weighted by Crippen LogP contribution is -2.17. The average molecular weight is 234 g/mol. The molecule has 0 aliphatic heterocycles. The Morgan fingerprint density at radius 3 is 2.76 bits per heavy atom. The van der Waals surface area contributed by atoms with Crippen LogP contribution < -0.4 is 5.56 Å². The summed E-state index contributed by atoms with van der Waals surface area (Å²) in [6.45, 7) is -0.360. The lowest BCUT2D eigenvalue weighted by atomic mass is 10.1. The number of esters is 1. The smallest absolute Gasteiger partial charge is 0.359 e. The standard InChI is InChI=1S/C11H10N2O4/c14-5-6-17-11(16)9-7-3-1-2-4-8(7)10(15)13-12-9/h1-4,14H,5-6H2,(H,13,15). The molecule has 0 amide bonds. The van der Waals surface area contributed by atoms with E-state index >= 15 is 0 Å². The molecule has 0 atom stereocenters. The molecular formula is C11H10N2O4. The van der Waals surface area contributed by atoms with E-state index in [1.165, 1.54) is 0 Å². The molecule has 0 saturated carbocycles. The first-order valence-corrected chi connectivity index (χ1v) is 4.99. The Hall–Kier alpha value is -2.21. The second kappa shape index (κ2) is 4.75. The highest BCUT2D eigenvalue weighted by molar-refractivity contribution is 6.01. The molecule has 17 heavy (non-hydrogen) atoms. The molecule has 0 radical (unpaired) electrons. The zero-order valence-electron chi connectivity index (χ0n) is 8.84. The van der Waals surface area contributed by atoms with Crippen molar-refractivity contribution in [2.75, 3.05) is 13.2 Å². The van der Waals surface area contributed by atoms with Crippen LogP contribution in [0.25, 0.3) is 10.8 Å². The second-order valence-electron chi connectivity index (χ2n) is 3.31. The van der Waals surface area contributed by atoms with Gasteiger partial charge in [-0.3, -0.25) is 4.79 Å². The third kappa shape index (κ3) is 2.16. The first-order valence-electron chi connectivity index (χ1n) is 4.99. The molecule has 0 unspecified atom stereocenters. The molecule has 2 aromatic rings. The van der Waals surface area contributed by atoms with Crippen molar-refractivity contribution < 1.29 is 14.6 Å². The van der Waals surface area contributed by atoms with Crippen molar-refractivity contribution in [3.63, 3.8) is 0 Å². The SMILES string of the molecule is O=C(OCCO)c1n[nH]c(=O)c2ccccc12. The predicted octanol–water partition coefficient (Wildman–Crippen LogP) is 0.0722. The third-order valence-electron chi connectivity index (χ3n) is 2.21. The highest BCUT2D eigenvalue weighted by atomic mass is 16.5. The van der Waals surface area contributed by atoms with E-state index in [4.69, 9.17) is 9.84 Å². The molecule has 6 nitrogen and oxygen atoms in total. The monoisotopic (exact) mass is 234 g/mol. The zero-order chi connectivity index (χ0) is 12.3. The normalized spacial score (nSPS) is 10.4. The van der Waals surface area contributed by atoms with Gasteiger partial charge in [-0.15, -0.1) is 0 Å². The molecule has 2 N–H and O–H groups in total. The summed E-state index contributed by atoms with van der Waals surface area (Å²) < 4.78 is 4.75. The van der Waals surface area contributed by atoms with Crippen LogP contribution in [0, 0.1) is 0 Å². The molecule has 0 saturated heterocycles. The summed E-state index contributed by atoms with van der Waals surface area (Å²) in [6.07, 6.45) is 0. The average Bonchev–Trinajstić information content (AvgIpc) is 2.37. The highest BCUT2D eigenvalue weighted by Crippen LogP contribution is 2.12. The number of aromatic nitrogens is 2. The maximum absolute atomic E-state index is 11.6. The van der Waals surface area contributed by atoms with Gasteiger partial charge in [-0.1, -0.05) is 18.2 Å². The van der Waals surface area contributed by atoms with Gasteiger partial charge in [0.25, 0.3) is 5.56 Å². The minimum Gasteiger partial charge on any atom is -0.458 e. The number of ether oxygens (including phenoxy) is 1. The Bertz CT molecular complexity index is 606. The number of aliphatic hydroxyl groups excluding tert-OH is 1. The van der Waals surface area contributed by atoms with Gasteiger partial charge in [-0.2, -0.15) is 5.10 Å². The van der Waals surface area contributed by atoms with Gasteiger partial charge in [0.2, 0.25) is 0 Å². The lowest BCUT2D eigenvalue weighted by molar-refractivity contribution is 0.0428. The number of carbonyl (C=O) groups excluding carboxylic acids is 1. The van der Waals surface area contributed by atoms with E-state index in [0.29, 0.717) is 10.8 Å². The Morgan fingerprint density at radius 1 is 1.35 bits per heavy atom. The highest BCUT2D eigenvalue weighted by Gasteiger charge is 2.14. The number of fused-ring (bicyclic) bond motifs is 1. The Kier molecular flexibility index (Phi) is 3.15. The quantitative estimate of drug-likeness (QED) is 0.733. The van der Waals surface area contributed by atoms with Crippen molar-refractivity contribution in [2.24, 2.45) is 0 Å². The van der Waals surface area contributed by atoms with E-state index in [9.17, 15) is 9.59 Å². The van der Waals surface area contributed by atoms with Crippen LogP contribution in [0.3, 0.4) is 0 Å². The molecule has 0 spiro atoms. The topological polar surface area (TPSA) is 92.3 Å². The van der Waals surface area contributed by atoms with Gasteiger partial charge in [-0.25, -0.2) is 9.89 Å². The lowest BCUT2D eigenvalue weighted by Gasteiger charge is -2.04. The maximum Gasteiger partial charge on any atom is 0.359 e. The molecule has 2 rings (SSSR count). The number of nitrogens with zero attached hydrogens (tertiary/aromatic N) is 1. The minimum atomic E-state index is -0.675. The van der Waals surface area contributed by atoms with Crippen LogP contribution in [0.15, 0.2) is 29.1 Å². The molecule has 1 heterocycles. The molecule has 0 aliphatic rings. The van der Waals surface area contributed by atoms with E-state index in [0.717, 1.165) is 0 Å². The van der Waals surface area contributed by atoms with Gasteiger partial charge in [0.15, 0.2) is 5.69 Å². The Labute approximate surface area is 95.8 Å². The zero-order valence-corrected chi connectivity index (χ0v) is 8.84. The number of hydrogen-bond donors (Lipinski definition) is 2. The Balaban J connectivity index is 2.52. The fourth-order valence-electron chi connectivity index (χ4n) is 1.48. The summed E-state index contributed by atoms with van der Waals surface area (Å²) in [6, 6.07) is 6.61. The summed E-state index contributed by atoms with van der Waals surface area (Å²) in [5.41, 5.74) is -0.326. The van der Waals surface area contributed by atoms with Crippen LogP contribution in [0.4, 0.5) is 0 Å². The minimum absolute atomic E-state index is 0.0358. The Morgan fingerprint density at radius 2 is 2.06 bits per heavy atom. The third-order valence-corrected chi connectivity index (χ3v) is 2.21. The summed E-state index contributed by atoms with van der Waals surface area (Å²) in [7, 11) is 0. The summed E-state index contributed by atoms with van der Waals surface area (Å²) >= 11 is 0. The molecular weight excluding hydrogens is 224 g/mol. The summed E-state index contributed by atoms with van der Waals surface area (Å²) in [5, 5.41) is 15.3. The van der Waals surface area contributed by atoms with Crippen LogP contribution in [-0.2, 0) is 4.74 Å². The van der Waals surface area contributed by atoms with Crippen LogP contribution in [0.5, 0.6) is 0 Å². The summed E-state index contributed by atoms with van der Waals surface area (Å²) in [4.78, 5) is 23.1. The van der Waals surface area contributed by atoms with E-state index in [1.807, 2.05) is 0 Å². The molecule has 1 aromatic heterocycles. The van der Waals surface area contributed by atoms with Crippen molar-refractivity contribution in [3.05, 3.63) is 40.3 Å². The number of rotatable bonds is 3.